The molecule has 1 aromatic carbocycles. The molecule has 2 heterocycles. The Labute approximate surface area is 143 Å². The number of benzene rings is 1. The van der Waals surface area contributed by atoms with Gasteiger partial charge in [-0.3, -0.25) is 9.59 Å². The highest BCUT2D eigenvalue weighted by Crippen LogP contribution is 2.25. The largest absolute Gasteiger partial charge is 0.497 e. The lowest BCUT2D eigenvalue weighted by atomic mass is 10.1. The van der Waals surface area contributed by atoms with Gasteiger partial charge in [0.15, 0.2) is 11.4 Å². The predicted octanol–water partition coefficient (Wildman–Crippen LogP) is 1.94. The SMILES string of the molecule is COC(=O)CCC(=O)c1cn2ncc(-c3ccc(OC)cc3)c2nn1. The Balaban J connectivity index is 1.85. The Morgan fingerprint density at radius 2 is 1.84 bits per heavy atom. The summed E-state index contributed by atoms with van der Waals surface area (Å²) in [5.74, 6) is 0.0226. The number of Topliss-reactive ketones (excluding diaryl/α,β-unsaturated/α-hetero) is 1. The van der Waals surface area contributed by atoms with E-state index < -0.39 is 5.97 Å². The first kappa shape index (κ1) is 16.6. The topological polar surface area (TPSA) is 95.7 Å². The van der Waals surface area contributed by atoms with Gasteiger partial charge >= 0.3 is 5.97 Å². The molecule has 0 fully saturated rings. The van der Waals surface area contributed by atoms with Crippen LogP contribution in [-0.4, -0.2) is 45.8 Å². The zero-order valence-corrected chi connectivity index (χ0v) is 13.8. The fraction of sp³-hybridized carbons (Fsp3) is 0.235. The number of carbonyl (C=O) groups excluding carboxylic acids is 2. The van der Waals surface area contributed by atoms with Crippen LogP contribution in [0.5, 0.6) is 5.75 Å². The van der Waals surface area contributed by atoms with Gasteiger partial charge in [0, 0.05) is 12.0 Å². The zero-order valence-electron chi connectivity index (χ0n) is 13.8. The van der Waals surface area contributed by atoms with Crippen molar-refractivity contribution >= 4 is 17.4 Å². The Morgan fingerprint density at radius 1 is 1.08 bits per heavy atom. The smallest absolute Gasteiger partial charge is 0.305 e. The van der Waals surface area contributed by atoms with Crippen molar-refractivity contribution in [1.29, 1.82) is 0 Å². The summed E-state index contributed by atoms with van der Waals surface area (Å²) in [6, 6.07) is 7.48. The van der Waals surface area contributed by atoms with E-state index in [9.17, 15) is 9.59 Å². The highest BCUT2D eigenvalue weighted by molar-refractivity contribution is 5.95. The molecule has 0 aliphatic rings. The maximum absolute atomic E-state index is 12.1. The van der Waals surface area contributed by atoms with Crippen molar-refractivity contribution in [2.24, 2.45) is 0 Å². The van der Waals surface area contributed by atoms with Gasteiger partial charge in [0.1, 0.15) is 11.4 Å². The van der Waals surface area contributed by atoms with E-state index in [1.807, 2.05) is 24.3 Å². The molecule has 0 N–H and O–H groups in total. The monoisotopic (exact) mass is 340 g/mol. The van der Waals surface area contributed by atoms with Crippen LogP contribution >= 0.6 is 0 Å². The van der Waals surface area contributed by atoms with Crippen LogP contribution in [0.25, 0.3) is 16.8 Å². The van der Waals surface area contributed by atoms with Gasteiger partial charge in [-0.05, 0) is 17.7 Å². The number of rotatable bonds is 6. The van der Waals surface area contributed by atoms with Crippen molar-refractivity contribution in [3.63, 3.8) is 0 Å². The fourth-order valence-corrected chi connectivity index (χ4v) is 2.34. The van der Waals surface area contributed by atoms with Gasteiger partial charge in [0.05, 0.1) is 33.0 Å². The highest BCUT2D eigenvalue weighted by atomic mass is 16.5. The average Bonchev–Trinajstić information content (AvgIpc) is 3.09. The number of methoxy groups -OCH3 is 2. The summed E-state index contributed by atoms with van der Waals surface area (Å²) in [6.45, 7) is 0. The number of hydrogen-bond acceptors (Lipinski definition) is 7. The van der Waals surface area contributed by atoms with Crippen LogP contribution < -0.4 is 4.74 Å². The number of hydrogen-bond donors (Lipinski definition) is 0. The molecule has 0 aliphatic heterocycles. The van der Waals surface area contributed by atoms with E-state index >= 15 is 0 Å². The summed E-state index contributed by atoms with van der Waals surface area (Å²) in [5, 5.41) is 12.3. The van der Waals surface area contributed by atoms with Crippen LogP contribution in [-0.2, 0) is 9.53 Å². The molecule has 0 bridgehead atoms. The average molecular weight is 340 g/mol. The molecule has 0 saturated heterocycles. The van der Waals surface area contributed by atoms with Crippen LogP contribution in [0.2, 0.25) is 0 Å². The Kier molecular flexibility index (Phi) is 4.69. The summed E-state index contributed by atoms with van der Waals surface area (Å²) in [6.07, 6.45) is 3.19. The highest BCUT2D eigenvalue weighted by Gasteiger charge is 2.15. The van der Waals surface area contributed by atoms with E-state index in [-0.39, 0.29) is 24.3 Å². The molecule has 0 amide bonds. The molecule has 0 spiro atoms. The number of fused-ring (bicyclic) bond motifs is 1. The molecule has 8 nitrogen and oxygen atoms in total. The molecule has 0 unspecified atom stereocenters. The Hall–Kier alpha value is -3.29. The Morgan fingerprint density at radius 3 is 2.52 bits per heavy atom. The third kappa shape index (κ3) is 3.47. The number of nitrogens with zero attached hydrogens (tertiary/aromatic N) is 4. The summed E-state index contributed by atoms with van der Waals surface area (Å²) < 4.78 is 11.2. The second kappa shape index (κ2) is 7.08. The van der Waals surface area contributed by atoms with Crippen LogP contribution in [0.15, 0.2) is 36.7 Å². The normalized spacial score (nSPS) is 10.6. The summed E-state index contributed by atoms with van der Waals surface area (Å²) in [5.41, 5.74) is 2.40. The summed E-state index contributed by atoms with van der Waals surface area (Å²) >= 11 is 0. The van der Waals surface area contributed by atoms with Crippen molar-refractivity contribution < 1.29 is 19.1 Å². The lowest BCUT2D eigenvalue weighted by Gasteiger charge is -2.03. The summed E-state index contributed by atoms with van der Waals surface area (Å²) in [4.78, 5) is 23.2. The van der Waals surface area contributed by atoms with Gasteiger partial charge in [-0.15, -0.1) is 10.2 Å². The maximum atomic E-state index is 12.1. The van der Waals surface area contributed by atoms with Crippen LogP contribution in [0.3, 0.4) is 0 Å². The van der Waals surface area contributed by atoms with Gasteiger partial charge < -0.3 is 9.47 Å². The van der Waals surface area contributed by atoms with Gasteiger partial charge in [0.25, 0.3) is 0 Å². The van der Waals surface area contributed by atoms with Gasteiger partial charge in [-0.1, -0.05) is 12.1 Å². The quantitative estimate of drug-likeness (QED) is 0.500. The first-order chi connectivity index (χ1) is 12.1. The van der Waals surface area contributed by atoms with Gasteiger partial charge in [0.2, 0.25) is 0 Å². The molecule has 128 valence electrons. The number of esters is 1. The first-order valence-electron chi connectivity index (χ1n) is 7.58. The number of carbonyl (C=O) groups is 2. The Bertz CT molecular complexity index is 918. The molecule has 3 rings (SSSR count). The second-order valence-electron chi connectivity index (χ2n) is 5.27. The van der Waals surface area contributed by atoms with Gasteiger partial charge in [-0.2, -0.15) is 5.10 Å². The second-order valence-corrected chi connectivity index (χ2v) is 5.27. The van der Waals surface area contributed by atoms with Crippen molar-refractivity contribution in [3.05, 3.63) is 42.4 Å². The van der Waals surface area contributed by atoms with E-state index in [2.05, 4.69) is 20.0 Å². The molecule has 0 saturated carbocycles. The van der Waals surface area contributed by atoms with Crippen LogP contribution in [0.1, 0.15) is 23.3 Å². The third-order valence-corrected chi connectivity index (χ3v) is 3.74. The standard InChI is InChI=1S/C17H16N4O4/c1-24-12-5-3-11(4-6-12)13-9-18-21-10-14(19-20-17(13)21)15(22)7-8-16(23)25-2/h3-6,9-10H,7-8H2,1-2H3. The summed E-state index contributed by atoms with van der Waals surface area (Å²) in [7, 11) is 2.89. The van der Waals surface area contributed by atoms with E-state index in [0.29, 0.717) is 5.65 Å². The van der Waals surface area contributed by atoms with Crippen LogP contribution in [0.4, 0.5) is 0 Å². The van der Waals surface area contributed by atoms with Crippen molar-refractivity contribution in [1.82, 2.24) is 19.8 Å². The third-order valence-electron chi connectivity index (χ3n) is 3.74. The number of ketones is 1. The van der Waals surface area contributed by atoms with Crippen molar-refractivity contribution in [3.8, 4) is 16.9 Å². The molecule has 0 atom stereocenters. The first-order valence-corrected chi connectivity index (χ1v) is 7.58. The van der Waals surface area contributed by atoms with E-state index in [0.717, 1.165) is 16.9 Å². The fourth-order valence-electron chi connectivity index (χ4n) is 2.34. The number of ether oxygens (including phenoxy) is 2. The van der Waals surface area contributed by atoms with Crippen molar-refractivity contribution in [2.75, 3.05) is 14.2 Å². The predicted molar refractivity (Wildman–Crippen MR) is 88.4 cm³/mol. The zero-order chi connectivity index (χ0) is 17.8. The molecular formula is C17H16N4O4. The van der Waals surface area contributed by atoms with Crippen molar-refractivity contribution in [2.45, 2.75) is 12.8 Å². The minimum absolute atomic E-state index is 0.00521. The molecule has 8 heteroatoms. The van der Waals surface area contributed by atoms with Gasteiger partial charge in [-0.25, -0.2) is 4.52 Å². The molecule has 25 heavy (non-hydrogen) atoms. The number of aromatic nitrogens is 4. The van der Waals surface area contributed by atoms with E-state index in [4.69, 9.17) is 4.74 Å². The molecule has 3 aromatic rings. The van der Waals surface area contributed by atoms with E-state index in [1.165, 1.54) is 17.8 Å². The lowest BCUT2D eigenvalue weighted by molar-refractivity contribution is -0.140. The maximum Gasteiger partial charge on any atom is 0.305 e. The molecular weight excluding hydrogens is 324 g/mol. The van der Waals surface area contributed by atoms with Crippen LogP contribution in [0, 0.1) is 0 Å². The lowest BCUT2D eigenvalue weighted by Crippen LogP contribution is -2.10. The minimum Gasteiger partial charge on any atom is -0.497 e. The van der Waals surface area contributed by atoms with E-state index in [1.54, 1.807) is 13.3 Å². The molecule has 0 aliphatic carbocycles. The molecule has 2 aromatic heterocycles. The minimum atomic E-state index is -0.441. The molecule has 0 radical (unpaired) electrons.